The van der Waals surface area contributed by atoms with E-state index in [0.717, 1.165) is 5.56 Å². The second-order valence-electron chi connectivity index (χ2n) is 8.75. The number of ether oxygens (including phenoxy) is 1. The number of carbonyl (C=O) groups excluding carboxylic acids is 2. The first-order valence-corrected chi connectivity index (χ1v) is 10.6. The number of halogens is 1. The fraction of sp³-hybridized carbons (Fsp3) is 0.231. The highest BCUT2D eigenvalue weighted by Gasteiger charge is 2.75. The van der Waals surface area contributed by atoms with Gasteiger partial charge in [0.25, 0.3) is 5.91 Å². The lowest BCUT2D eigenvalue weighted by Crippen LogP contribution is -2.62. The van der Waals surface area contributed by atoms with Crippen molar-refractivity contribution < 1.29 is 18.7 Å². The molecule has 1 N–H and O–H groups in total. The summed E-state index contributed by atoms with van der Waals surface area (Å²) < 4.78 is 21.3. The normalized spacial score (nSPS) is 28.5. The molecule has 0 radical (unpaired) electrons. The maximum Gasteiger partial charge on any atom is 0.250 e. The first kappa shape index (κ1) is 19.2. The van der Waals surface area contributed by atoms with Crippen LogP contribution >= 0.6 is 0 Å². The summed E-state index contributed by atoms with van der Waals surface area (Å²) in [6.45, 7) is 0.313. The van der Waals surface area contributed by atoms with Gasteiger partial charge in [0.2, 0.25) is 0 Å². The van der Waals surface area contributed by atoms with Crippen molar-refractivity contribution in [2.75, 3.05) is 25.5 Å². The molecule has 6 rings (SSSR count). The highest BCUT2D eigenvalue weighted by molar-refractivity contribution is 6.15. The van der Waals surface area contributed by atoms with E-state index in [1.165, 1.54) is 6.07 Å². The van der Waals surface area contributed by atoms with E-state index in [2.05, 4.69) is 5.32 Å². The van der Waals surface area contributed by atoms with E-state index in [9.17, 15) is 9.59 Å². The molecule has 3 aliphatic heterocycles. The summed E-state index contributed by atoms with van der Waals surface area (Å²) in [6, 6.07) is 21.0. The minimum atomic E-state index is -1.34. The molecule has 32 heavy (non-hydrogen) atoms. The average Bonchev–Trinajstić information content (AvgIpc) is 3.25. The molecule has 6 heteroatoms. The molecular formula is C26H21FN2O3. The smallest absolute Gasteiger partial charge is 0.250 e. The van der Waals surface area contributed by atoms with Crippen LogP contribution < -0.4 is 10.1 Å². The maximum atomic E-state index is 15.1. The molecule has 0 aromatic heterocycles. The number of anilines is 1. The van der Waals surface area contributed by atoms with Gasteiger partial charge in [0.05, 0.1) is 5.56 Å². The van der Waals surface area contributed by atoms with Crippen molar-refractivity contribution in [2.24, 2.45) is 5.41 Å². The Hall–Kier alpha value is -3.51. The van der Waals surface area contributed by atoms with Gasteiger partial charge >= 0.3 is 0 Å². The summed E-state index contributed by atoms with van der Waals surface area (Å²) in [4.78, 5) is 30.1. The molecule has 160 valence electrons. The van der Waals surface area contributed by atoms with Gasteiger partial charge in [-0.2, -0.15) is 0 Å². The zero-order valence-electron chi connectivity index (χ0n) is 17.5. The lowest BCUT2D eigenvalue weighted by molar-refractivity contribution is -0.131. The molecule has 0 aliphatic carbocycles. The Morgan fingerprint density at radius 3 is 2.56 bits per heavy atom. The van der Waals surface area contributed by atoms with Crippen molar-refractivity contribution >= 4 is 17.4 Å². The molecule has 1 fully saturated rings. The number of carbonyl (C=O) groups is 2. The molecule has 3 aromatic carbocycles. The van der Waals surface area contributed by atoms with Gasteiger partial charge < -0.3 is 10.1 Å². The number of benzene rings is 3. The number of hydrogen-bond donors (Lipinski definition) is 1. The van der Waals surface area contributed by atoms with Gasteiger partial charge in [-0.15, -0.1) is 0 Å². The van der Waals surface area contributed by atoms with Crippen LogP contribution in [0.4, 0.5) is 10.1 Å². The third-order valence-electron chi connectivity index (χ3n) is 7.44. The molecule has 3 aromatic rings. The third kappa shape index (κ3) is 2.10. The van der Waals surface area contributed by atoms with Crippen LogP contribution in [-0.2, 0) is 10.3 Å². The number of rotatable bonds is 1. The summed E-state index contributed by atoms with van der Waals surface area (Å²) in [5.41, 5.74) is -0.417. The number of para-hydroxylation sites is 2. The van der Waals surface area contributed by atoms with Crippen LogP contribution in [0.1, 0.15) is 27.4 Å². The number of amides is 1. The van der Waals surface area contributed by atoms with E-state index >= 15 is 4.39 Å². The van der Waals surface area contributed by atoms with Crippen molar-refractivity contribution in [3.05, 3.63) is 95.3 Å². The van der Waals surface area contributed by atoms with Gasteiger partial charge in [0, 0.05) is 23.7 Å². The highest BCUT2D eigenvalue weighted by atomic mass is 19.1. The number of likely N-dealkylation sites (N-methyl/N-ethyl adjacent to an activating group) is 1. The van der Waals surface area contributed by atoms with E-state index in [1.54, 1.807) is 36.4 Å². The van der Waals surface area contributed by atoms with Crippen molar-refractivity contribution in [1.82, 2.24) is 4.90 Å². The lowest BCUT2D eigenvalue weighted by atomic mass is 9.57. The highest BCUT2D eigenvalue weighted by Crippen LogP contribution is 2.64. The van der Waals surface area contributed by atoms with Crippen LogP contribution in [0.3, 0.4) is 0 Å². The first-order chi connectivity index (χ1) is 15.5. The lowest BCUT2D eigenvalue weighted by Gasteiger charge is -2.47. The summed E-state index contributed by atoms with van der Waals surface area (Å²) in [7, 11) is 1.83. The largest absolute Gasteiger partial charge is 0.492 e. The number of ketones is 1. The molecule has 1 amide bonds. The molecule has 5 nitrogen and oxygen atoms in total. The van der Waals surface area contributed by atoms with E-state index in [-0.39, 0.29) is 24.1 Å². The van der Waals surface area contributed by atoms with E-state index in [4.69, 9.17) is 4.74 Å². The fourth-order valence-electron chi connectivity index (χ4n) is 6.15. The van der Waals surface area contributed by atoms with E-state index < -0.39 is 16.9 Å². The number of likely N-dealkylation sites (tertiary alicyclic amines) is 1. The van der Waals surface area contributed by atoms with Gasteiger partial charge in [-0.1, -0.05) is 48.5 Å². The predicted octanol–water partition coefficient (Wildman–Crippen LogP) is 3.96. The van der Waals surface area contributed by atoms with Gasteiger partial charge in [0.15, 0.2) is 5.78 Å². The van der Waals surface area contributed by atoms with Crippen LogP contribution in [-0.4, -0.2) is 36.8 Å². The average molecular weight is 428 g/mol. The van der Waals surface area contributed by atoms with Crippen molar-refractivity contribution in [3.8, 4) is 5.75 Å². The van der Waals surface area contributed by atoms with Crippen molar-refractivity contribution in [1.29, 1.82) is 0 Å². The number of fused-ring (bicyclic) bond motifs is 4. The van der Waals surface area contributed by atoms with Crippen molar-refractivity contribution in [2.45, 2.75) is 11.5 Å². The monoisotopic (exact) mass is 428 g/mol. The Bertz CT molecular complexity index is 1290. The molecule has 2 spiro atoms. The topological polar surface area (TPSA) is 58.6 Å². The molecular weight excluding hydrogens is 407 g/mol. The summed E-state index contributed by atoms with van der Waals surface area (Å²) >= 11 is 0. The maximum absolute atomic E-state index is 15.1. The Balaban J connectivity index is 1.69. The molecule has 0 unspecified atom stereocenters. The molecule has 0 bridgehead atoms. The molecule has 3 atom stereocenters. The van der Waals surface area contributed by atoms with Crippen LogP contribution in [0, 0.1) is 11.2 Å². The van der Waals surface area contributed by atoms with Crippen molar-refractivity contribution in [3.63, 3.8) is 0 Å². The predicted molar refractivity (Wildman–Crippen MR) is 117 cm³/mol. The third-order valence-corrected chi connectivity index (χ3v) is 7.44. The molecule has 3 heterocycles. The van der Waals surface area contributed by atoms with Gasteiger partial charge in [-0.3, -0.25) is 14.5 Å². The van der Waals surface area contributed by atoms with Crippen LogP contribution in [0.2, 0.25) is 0 Å². The van der Waals surface area contributed by atoms with Crippen LogP contribution in [0.15, 0.2) is 72.8 Å². The number of nitrogens with one attached hydrogen (secondary N) is 1. The molecule has 0 saturated carbocycles. The van der Waals surface area contributed by atoms with E-state index in [0.29, 0.717) is 29.1 Å². The van der Waals surface area contributed by atoms with Crippen LogP contribution in [0.5, 0.6) is 5.75 Å². The minimum Gasteiger partial charge on any atom is -0.492 e. The second-order valence-corrected chi connectivity index (χ2v) is 8.75. The van der Waals surface area contributed by atoms with Gasteiger partial charge in [0.1, 0.15) is 29.1 Å². The first-order valence-electron chi connectivity index (χ1n) is 10.6. The minimum absolute atomic E-state index is 0.0199. The zero-order chi connectivity index (χ0) is 22.1. The standard InChI is InChI=1S/C26H21FN2O3/c1-29-14-19(16-8-2-5-11-20(16)27)25(15-32-22-13-7-3-9-17(22)23(25)30)26(29)18-10-4-6-12-21(18)28-24(26)31/h2-13,19H,14-15H2,1H3,(H,28,31)/t19-,25-,26+/m1/s1. The molecule has 1 saturated heterocycles. The quantitative estimate of drug-likeness (QED) is 0.637. The fourth-order valence-corrected chi connectivity index (χ4v) is 6.15. The summed E-state index contributed by atoms with van der Waals surface area (Å²) in [5.74, 6) is -0.945. The van der Waals surface area contributed by atoms with E-state index in [1.807, 2.05) is 42.3 Å². The zero-order valence-corrected chi connectivity index (χ0v) is 17.5. The molecule has 3 aliphatic rings. The Morgan fingerprint density at radius 2 is 1.72 bits per heavy atom. The summed E-state index contributed by atoms with van der Waals surface area (Å²) in [6.07, 6.45) is 0. The van der Waals surface area contributed by atoms with Gasteiger partial charge in [-0.25, -0.2) is 4.39 Å². The number of Topliss-reactive ketones (excluding diaryl/α,β-unsaturated/α-hetero) is 1. The Morgan fingerprint density at radius 1 is 1.00 bits per heavy atom. The number of nitrogens with zero attached hydrogens (tertiary/aromatic N) is 1. The second kappa shape index (κ2) is 6.50. The number of hydrogen-bond acceptors (Lipinski definition) is 4. The summed E-state index contributed by atoms with van der Waals surface area (Å²) in [5, 5.41) is 2.98. The van der Waals surface area contributed by atoms with Crippen LogP contribution in [0.25, 0.3) is 0 Å². The van der Waals surface area contributed by atoms with Gasteiger partial charge in [-0.05, 0) is 36.9 Å². The SMILES string of the molecule is CN1C[C@H](c2ccccc2F)[C@@]2(COc3ccccc3C2=O)[C@]12C(=O)Nc1ccccc12. The Kier molecular flexibility index (Phi) is 3.90. The Labute approximate surface area is 184 Å².